The summed E-state index contributed by atoms with van der Waals surface area (Å²) < 4.78 is 7.49. The SMILES string of the molecule is CCNC(CCc1ccc(OC)cc1)c1cc(Br)c(Br)s1. The molecule has 0 fully saturated rings. The van der Waals surface area contributed by atoms with Crippen LogP contribution >= 0.6 is 43.2 Å². The number of aryl methyl sites for hydroxylation is 1. The fourth-order valence-electron chi connectivity index (χ4n) is 2.23. The molecule has 1 atom stereocenters. The number of benzene rings is 1. The summed E-state index contributed by atoms with van der Waals surface area (Å²) in [6.45, 7) is 3.12. The first-order chi connectivity index (χ1) is 10.1. The van der Waals surface area contributed by atoms with Crippen molar-refractivity contribution in [1.82, 2.24) is 5.32 Å². The zero-order valence-electron chi connectivity index (χ0n) is 12.2. The maximum Gasteiger partial charge on any atom is 0.118 e. The van der Waals surface area contributed by atoms with Crippen molar-refractivity contribution in [3.63, 3.8) is 0 Å². The number of ether oxygens (including phenoxy) is 1. The third-order valence-electron chi connectivity index (χ3n) is 3.34. The van der Waals surface area contributed by atoms with Crippen molar-refractivity contribution in [1.29, 1.82) is 0 Å². The van der Waals surface area contributed by atoms with E-state index in [1.165, 1.54) is 10.4 Å². The van der Waals surface area contributed by atoms with Crippen molar-refractivity contribution < 1.29 is 4.74 Å². The molecule has 1 N–H and O–H groups in total. The second-order valence-corrected chi connectivity index (χ2v) is 8.02. The van der Waals surface area contributed by atoms with Crippen LogP contribution in [0, 0.1) is 0 Å². The molecule has 0 saturated heterocycles. The lowest BCUT2D eigenvalue weighted by atomic mass is 10.0. The normalized spacial score (nSPS) is 12.4. The van der Waals surface area contributed by atoms with Gasteiger partial charge in [-0.3, -0.25) is 0 Å². The summed E-state index contributed by atoms with van der Waals surface area (Å²) in [6.07, 6.45) is 2.13. The van der Waals surface area contributed by atoms with Crippen molar-refractivity contribution in [2.75, 3.05) is 13.7 Å². The summed E-state index contributed by atoms with van der Waals surface area (Å²) in [4.78, 5) is 1.36. The minimum atomic E-state index is 0.393. The summed E-state index contributed by atoms with van der Waals surface area (Å²) in [7, 11) is 1.70. The number of rotatable bonds is 7. The Balaban J connectivity index is 2.02. The molecule has 1 aromatic carbocycles. The molecule has 0 saturated carbocycles. The molecule has 0 amide bonds. The molecule has 0 spiro atoms. The Morgan fingerprint density at radius 3 is 2.48 bits per heavy atom. The zero-order chi connectivity index (χ0) is 15.2. The van der Waals surface area contributed by atoms with E-state index >= 15 is 0 Å². The number of halogens is 2. The van der Waals surface area contributed by atoms with Crippen molar-refractivity contribution in [3.05, 3.63) is 49.0 Å². The Kier molecular flexibility index (Phi) is 6.74. The van der Waals surface area contributed by atoms with E-state index in [0.29, 0.717) is 6.04 Å². The molecular weight excluding hydrogens is 414 g/mol. The molecule has 114 valence electrons. The molecule has 1 heterocycles. The van der Waals surface area contributed by atoms with E-state index in [-0.39, 0.29) is 0 Å². The third kappa shape index (κ3) is 4.81. The average Bonchev–Trinajstić information content (AvgIpc) is 2.83. The molecule has 2 rings (SSSR count). The van der Waals surface area contributed by atoms with Gasteiger partial charge in [0.05, 0.1) is 10.9 Å². The van der Waals surface area contributed by atoms with Gasteiger partial charge in [0, 0.05) is 15.4 Å². The van der Waals surface area contributed by atoms with Gasteiger partial charge in [-0.25, -0.2) is 0 Å². The summed E-state index contributed by atoms with van der Waals surface area (Å²) in [5, 5.41) is 3.58. The molecular formula is C16H19Br2NOS. The van der Waals surface area contributed by atoms with E-state index in [0.717, 1.165) is 33.4 Å². The standard InChI is InChI=1S/C16H19Br2NOS/c1-3-19-14(15-10-13(17)16(18)21-15)9-6-11-4-7-12(20-2)8-5-11/h4-5,7-8,10,14,19H,3,6,9H2,1-2H3. The van der Waals surface area contributed by atoms with Gasteiger partial charge >= 0.3 is 0 Å². The van der Waals surface area contributed by atoms with Gasteiger partial charge in [-0.05, 0) is 75.0 Å². The van der Waals surface area contributed by atoms with Crippen molar-refractivity contribution >= 4 is 43.2 Å². The predicted molar refractivity (Wildman–Crippen MR) is 97.5 cm³/mol. The van der Waals surface area contributed by atoms with E-state index in [1.54, 1.807) is 18.4 Å². The Bertz CT molecular complexity index is 549. The van der Waals surface area contributed by atoms with Gasteiger partial charge in [0.25, 0.3) is 0 Å². The summed E-state index contributed by atoms with van der Waals surface area (Å²) in [6, 6.07) is 10.9. The average molecular weight is 433 g/mol. The van der Waals surface area contributed by atoms with Crippen LogP contribution in [0.1, 0.15) is 29.8 Å². The van der Waals surface area contributed by atoms with Crippen LogP contribution in [0.3, 0.4) is 0 Å². The second kappa shape index (κ2) is 8.32. The lowest BCUT2D eigenvalue weighted by Crippen LogP contribution is -2.20. The third-order valence-corrected chi connectivity index (χ3v) is 6.71. The first-order valence-electron chi connectivity index (χ1n) is 6.95. The number of nitrogens with one attached hydrogen (secondary N) is 1. The molecule has 21 heavy (non-hydrogen) atoms. The number of hydrogen-bond acceptors (Lipinski definition) is 3. The lowest BCUT2D eigenvalue weighted by molar-refractivity contribution is 0.414. The van der Waals surface area contributed by atoms with Crippen molar-refractivity contribution in [2.24, 2.45) is 0 Å². The largest absolute Gasteiger partial charge is 0.497 e. The Labute approximate surface area is 147 Å². The van der Waals surface area contributed by atoms with Crippen LogP contribution in [0.4, 0.5) is 0 Å². The monoisotopic (exact) mass is 431 g/mol. The van der Waals surface area contributed by atoms with Gasteiger partial charge in [0.2, 0.25) is 0 Å². The van der Waals surface area contributed by atoms with Gasteiger partial charge in [0.1, 0.15) is 5.75 Å². The molecule has 0 radical (unpaired) electrons. The van der Waals surface area contributed by atoms with E-state index < -0.39 is 0 Å². The summed E-state index contributed by atoms with van der Waals surface area (Å²) >= 11 is 8.94. The molecule has 5 heteroatoms. The highest BCUT2D eigenvalue weighted by molar-refractivity contribution is 9.13. The first kappa shape index (κ1) is 17.0. The fourth-order valence-corrected chi connectivity index (χ4v) is 4.43. The molecule has 2 nitrogen and oxygen atoms in total. The van der Waals surface area contributed by atoms with Crippen molar-refractivity contribution in [2.45, 2.75) is 25.8 Å². The molecule has 0 aliphatic heterocycles. The van der Waals surface area contributed by atoms with E-state index in [9.17, 15) is 0 Å². The fraction of sp³-hybridized carbons (Fsp3) is 0.375. The van der Waals surface area contributed by atoms with Crippen LogP contribution in [0.25, 0.3) is 0 Å². The number of hydrogen-bond donors (Lipinski definition) is 1. The van der Waals surface area contributed by atoms with Gasteiger partial charge in [-0.15, -0.1) is 11.3 Å². The van der Waals surface area contributed by atoms with Gasteiger partial charge in [0.15, 0.2) is 0 Å². The smallest absolute Gasteiger partial charge is 0.118 e. The van der Waals surface area contributed by atoms with E-state index in [4.69, 9.17) is 4.74 Å². The Morgan fingerprint density at radius 1 is 1.24 bits per heavy atom. The minimum Gasteiger partial charge on any atom is -0.497 e. The van der Waals surface area contributed by atoms with Crippen LogP contribution in [0.2, 0.25) is 0 Å². The lowest BCUT2D eigenvalue weighted by Gasteiger charge is -2.16. The number of thiophene rings is 1. The van der Waals surface area contributed by atoms with Gasteiger partial charge < -0.3 is 10.1 Å². The van der Waals surface area contributed by atoms with E-state index in [2.05, 4.69) is 62.3 Å². The highest BCUT2D eigenvalue weighted by Gasteiger charge is 2.15. The van der Waals surface area contributed by atoms with Gasteiger partial charge in [-0.2, -0.15) is 0 Å². The second-order valence-electron chi connectivity index (χ2n) is 4.77. The van der Waals surface area contributed by atoms with Crippen LogP contribution in [0.5, 0.6) is 5.75 Å². The molecule has 1 unspecified atom stereocenters. The topological polar surface area (TPSA) is 21.3 Å². The molecule has 0 aliphatic rings. The predicted octanol–water partition coefficient (Wildman–Crippen LogP) is 5.57. The van der Waals surface area contributed by atoms with Crippen molar-refractivity contribution in [3.8, 4) is 5.75 Å². The molecule has 2 aromatic rings. The van der Waals surface area contributed by atoms with Crippen LogP contribution < -0.4 is 10.1 Å². The summed E-state index contributed by atoms with van der Waals surface area (Å²) in [5.41, 5.74) is 1.34. The first-order valence-corrected chi connectivity index (χ1v) is 9.35. The van der Waals surface area contributed by atoms with Crippen LogP contribution in [0.15, 0.2) is 38.6 Å². The maximum atomic E-state index is 5.20. The Hall–Kier alpha value is -0.360. The zero-order valence-corrected chi connectivity index (χ0v) is 16.1. The van der Waals surface area contributed by atoms with E-state index in [1.807, 2.05) is 12.1 Å². The molecule has 0 aliphatic carbocycles. The number of methoxy groups -OCH3 is 1. The maximum absolute atomic E-state index is 5.20. The Morgan fingerprint density at radius 2 is 1.95 bits per heavy atom. The highest BCUT2D eigenvalue weighted by atomic mass is 79.9. The van der Waals surface area contributed by atoms with Crippen LogP contribution in [-0.2, 0) is 6.42 Å². The quantitative estimate of drug-likeness (QED) is 0.617. The molecule has 0 bridgehead atoms. The highest BCUT2D eigenvalue weighted by Crippen LogP contribution is 2.36. The molecule has 1 aromatic heterocycles. The minimum absolute atomic E-state index is 0.393. The van der Waals surface area contributed by atoms with Gasteiger partial charge in [-0.1, -0.05) is 19.1 Å². The van der Waals surface area contributed by atoms with Crippen LogP contribution in [-0.4, -0.2) is 13.7 Å². The summed E-state index contributed by atoms with van der Waals surface area (Å²) in [5.74, 6) is 0.910.